The Morgan fingerprint density at radius 3 is 2.24 bits per heavy atom. The van der Waals surface area contributed by atoms with Crippen LogP contribution in [0.2, 0.25) is 5.02 Å². The van der Waals surface area contributed by atoms with E-state index in [0.717, 1.165) is 24.0 Å². The van der Waals surface area contributed by atoms with Crippen molar-refractivity contribution in [3.63, 3.8) is 0 Å². The minimum Gasteiger partial charge on any atom is -0.385 e. The molecule has 224 valence electrons. The van der Waals surface area contributed by atoms with Gasteiger partial charge in [0.05, 0.1) is 4.90 Å². The molecule has 1 heterocycles. The van der Waals surface area contributed by atoms with Gasteiger partial charge in [0.15, 0.2) is 0 Å². The van der Waals surface area contributed by atoms with Crippen molar-refractivity contribution >= 4 is 33.4 Å². The molecular weight excluding hydrogens is 574 g/mol. The second-order valence-corrected chi connectivity index (χ2v) is 12.7. The minimum atomic E-state index is -3.50. The summed E-state index contributed by atoms with van der Waals surface area (Å²) in [5.74, 6) is -0.462. The highest BCUT2D eigenvalue weighted by molar-refractivity contribution is 7.89. The quantitative estimate of drug-likeness (QED) is 0.259. The van der Waals surface area contributed by atoms with Gasteiger partial charge in [-0.3, -0.25) is 9.59 Å². The Bertz CT molecular complexity index is 1410. The molecule has 1 N–H and O–H groups in total. The Labute approximate surface area is 253 Å². The first-order chi connectivity index (χ1) is 20.3. The number of hydrogen-bond donors (Lipinski definition) is 1. The van der Waals surface area contributed by atoms with Crippen molar-refractivity contribution in [3.05, 3.63) is 101 Å². The Balaban J connectivity index is 1.54. The van der Waals surface area contributed by atoms with Crippen LogP contribution in [0.3, 0.4) is 0 Å². The average molecular weight is 612 g/mol. The van der Waals surface area contributed by atoms with Crippen molar-refractivity contribution < 1.29 is 22.7 Å². The molecule has 1 atom stereocenters. The lowest BCUT2D eigenvalue weighted by atomic mass is 10.0. The van der Waals surface area contributed by atoms with Gasteiger partial charge in [0, 0.05) is 51.3 Å². The molecule has 2 amide bonds. The average Bonchev–Trinajstić information content (AvgIpc) is 3.56. The van der Waals surface area contributed by atoms with Gasteiger partial charge >= 0.3 is 0 Å². The number of nitrogens with one attached hydrogen (secondary N) is 1. The van der Waals surface area contributed by atoms with E-state index in [4.69, 9.17) is 16.3 Å². The highest BCUT2D eigenvalue weighted by Gasteiger charge is 2.31. The molecular formula is C32H38ClN3O5S. The van der Waals surface area contributed by atoms with Crippen LogP contribution >= 0.6 is 11.6 Å². The van der Waals surface area contributed by atoms with Crippen LogP contribution in [0.25, 0.3) is 0 Å². The number of ether oxygens (including phenoxy) is 1. The van der Waals surface area contributed by atoms with Gasteiger partial charge in [-0.2, -0.15) is 4.31 Å². The third-order valence-corrected chi connectivity index (χ3v) is 9.50. The molecule has 10 heteroatoms. The van der Waals surface area contributed by atoms with Crippen LogP contribution in [-0.4, -0.2) is 62.8 Å². The molecule has 42 heavy (non-hydrogen) atoms. The fourth-order valence-corrected chi connectivity index (χ4v) is 6.69. The molecule has 1 fully saturated rings. The van der Waals surface area contributed by atoms with Crippen LogP contribution in [-0.2, 0) is 37.3 Å². The van der Waals surface area contributed by atoms with Crippen LogP contribution in [0.15, 0.2) is 83.8 Å². The molecule has 0 bridgehead atoms. The summed E-state index contributed by atoms with van der Waals surface area (Å²) in [6.07, 6.45) is 2.95. The molecule has 1 saturated heterocycles. The van der Waals surface area contributed by atoms with Crippen LogP contribution in [0.5, 0.6) is 0 Å². The molecule has 0 aromatic heterocycles. The lowest BCUT2D eigenvalue weighted by Crippen LogP contribution is -2.43. The SMILES string of the molecule is COCCCNC(=O)[C@@H](c1ccccc1)N(Cc1ccc(Cl)cc1)C(=O)CCc1ccc(S(=O)(=O)N2CCCC2)cc1. The predicted molar refractivity (Wildman–Crippen MR) is 163 cm³/mol. The molecule has 3 aromatic carbocycles. The summed E-state index contributed by atoms with van der Waals surface area (Å²) in [7, 11) is -1.89. The first-order valence-electron chi connectivity index (χ1n) is 14.2. The van der Waals surface area contributed by atoms with Gasteiger partial charge in [-0.15, -0.1) is 0 Å². The van der Waals surface area contributed by atoms with Crippen LogP contribution in [0.4, 0.5) is 0 Å². The van der Waals surface area contributed by atoms with Crippen molar-refractivity contribution in [2.24, 2.45) is 0 Å². The number of amides is 2. The predicted octanol–water partition coefficient (Wildman–Crippen LogP) is 4.98. The van der Waals surface area contributed by atoms with Gasteiger partial charge in [0.2, 0.25) is 21.8 Å². The number of carbonyl (C=O) groups is 2. The number of halogens is 1. The molecule has 0 spiro atoms. The maximum Gasteiger partial charge on any atom is 0.247 e. The van der Waals surface area contributed by atoms with Crippen molar-refractivity contribution in [3.8, 4) is 0 Å². The Hall–Kier alpha value is -3.24. The van der Waals surface area contributed by atoms with Crippen molar-refractivity contribution in [2.75, 3.05) is 33.4 Å². The molecule has 0 unspecified atom stereocenters. The molecule has 4 rings (SSSR count). The second kappa shape index (κ2) is 15.3. The van der Waals surface area contributed by atoms with Crippen molar-refractivity contribution in [1.82, 2.24) is 14.5 Å². The summed E-state index contributed by atoms with van der Waals surface area (Å²) in [5, 5.41) is 3.55. The second-order valence-electron chi connectivity index (χ2n) is 10.4. The Morgan fingerprint density at radius 2 is 1.60 bits per heavy atom. The molecule has 1 aliphatic heterocycles. The Morgan fingerprint density at radius 1 is 0.952 bits per heavy atom. The topological polar surface area (TPSA) is 96.0 Å². The molecule has 8 nitrogen and oxygen atoms in total. The zero-order valence-electron chi connectivity index (χ0n) is 23.9. The van der Waals surface area contributed by atoms with E-state index in [2.05, 4.69) is 5.32 Å². The smallest absolute Gasteiger partial charge is 0.247 e. The number of sulfonamides is 1. The first-order valence-corrected chi connectivity index (χ1v) is 16.1. The van der Waals surface area contributed by atoms with Gasteiger partial charge in [-0.25, -0.2) is 8.42 Å². The van der Waals surface area contributed by atoms with Crippen molar-refractivity contribution in [2.45, 2.75) is 49.6 Å². The van der Waals surface area contributed by atoms with Gasteiger partial charge in [0.1, 0.15) is 6.04 Å². The monoisotopic (exact) mass is 611 g/mol. The standard InChI is InChI=1S/C32H38ClN3O5S/c1-41-23-7-20-34-32(38)31(27-8-3-2-4-9-27)36(24-26-10-15-28(33)16-11-26)30(37)19-14-25-12-17-29(18-13-25)42(39,40)35-21-5-6-22-35/h2-4,8-13,15-18,31H,5-7,14,19-24H2,1H3,(H,34,38)/t31-/m1/s1. The number of benzene rings is 3. The van der Waals surface area contributed by atoms with Crippen LogP contribution in [0, 0.1) is 0 Å². The van der Waals surface area contributed by atoms with Gasteiger partial charge in [-0.1, -0.05) is 66.2 Å². The van der Waals surface area contributed by atoms with E-state index < -0.39 is 16.1 Å². The third-order valence-electron chi connectivity index (χ3n) is 7.34. The molecule has 3 aromatic rings. The van der Waals surface area contributed by atoms with E-state index in [9.17, 15) is 18.0 Å². The number of aryl methyl sites for hydroxylation is 1. The summed E-state index contributed by atoms with van der Waals surface area (Å²) >= 11 is 6.10. The number of rotatable bonds is 14. The third kappa shape index (κ3) is 8.41. The normalized spacial score (nSPS) is 14.4. The highest BCUT2D eigenvalue weighted by Crippen LogP contribution is 2.26. The summed E-state index contributed by atoms with van der Waals surface area (Å²) in [6, 6.07) is 22.4. The molecule has 0 radical (unpaired) electrons. The van der Waals surface area contributed by atoms with Gasteiger partial charge in [0.25, 0.3) is 0 Å². The molecule has 0 aliphatic carbocycles. The number of hydrogen-bond acceptors (Lipinski definition) is 5. The van der Waals surface area contributed by atoms with E-state index in [1.165, 1.54) is 4.31 Å². The van der Waals surface area contributed by atoms with E-state index >= 15 is 0 Å². The fourth-order valence-electron chi connectivity index (χ4n) is 5.04. The van der Waals surface area contributed by atoms with E-state index in [1.54, 1.807) is 48.4 Å². The first kappa shape index (κ1) is 31.7. The molecule has 1 aliphatic rings. The zero-order valence-corrected chi connectivity index (χ0v) is 25.4. The maximum absolute atomic E-state index is 13.9. The highest BCUT2D eigenvalue weighted by atomic mass is 35.5. The largest absolute Gasteiger partial charge is 0.385 e. The number of methoxy groups -OCH3 is 1. The number of carbonyl (C=O) groups excluding carboxylic acids is 2. The van der Waals surface area contributed by atoms with E-state index in [-0.39, 0.29) is 29.7 Å². The lowest BCUT2D eigenvalue weighted by molar-refractivity contribution is -0.141. The van der Waals surface area contributed by atoms with Gasteiger partial charge < -0.3 is 15.0 Å². The van der Waals surface area contributed by atoms with Crippen molar-refractivity contribution in [1.29, 1.82) is 0 Å². The fraction of sp³-hybridized carbons (Fsp3) is 0.375. The summed E-state index contributed by atoms with van der Waals surface area (Å²) in [6.45, 7) is 2.25. The van der Waals surface area contributed by atoms with E-state index in [1.807, 2.05) is 42.5 Å². The molecule has 0 saturated carbocycles. The van der Waals surface area contributed by atoms with Gasteiger partial charge in [-0.05, 0) is 66.6 Å². The maximum atomic E-state index is 13.9. The number of nitrogens with zero attached hydrogens (tertiary/aromatic N) is 2. The summed E-state index contributed by atoms with van der Waals surface area (Å²) in [4.78, 5) is 29.3. The lowest BCUT2D eigenvalue weighted by Gasteiger charge is -2.32. The van der Waals surface area contributed by atoms with E-state index in [0.29, 0.717) is 49.7 Å². The Kier molecular flexibility index (Phi) is 11.5. The summed E-state index contributed by atoms with van der Waals surface area (Å²) in [5.41, 5.74) is 2.40. The van der Waals surface area contributed by atoms with Crippen LogP contribution < -0.4 is 5.32 Å². The zero-order chi connectivity index (χ0) is 30.0. The minimum absolute atomic E-state index is 0.145. The summed E-state index contributed by atoms with van der Waals surface area (Å²) < 4.78 is 32.4. The van der Waals surface area contributed by atoms with Crippen LogP contribution in [0.1, 0.15) is 48.4 Å².